The van der Waals surface area contributed by atoms with E-state index in [1.54, 1.807) is 0 Å². The molecule has 0 saturated heterocycles. The molecule has 1 aromatic carbocycles. The molecule has 2 N–H and O–H groups in total. The maximum Gasteiger partial charge on any atom is 0.0705 e. The van der Waals surface area contributed by atoms with Crippen molar-refractivity contribution in [2.45, 2.75) is 45.8 Å². The minimum Gasteiger partial charge on any atom is -0.311 e. The second-order valence-corrected chi connectivity index (χ2v) is 6.40. The number of para-hydroxylation sites is 1. The topological polar surface area (TPSA) is 37.0 Å². The lowest BCUT2D eigenvalue weighted by Crippen LogP contribution is -2.44. The Morgan fingerprint density at radius 1 is 1.15 bits per heavy atom. The largest absolute Gasteiger partial charge is 0.311 e. The number of nitrogens with one attached hydrogen (secondary N) is 2. The summed E-state index contributed by atoms with van der Waals surface area (Å²) in [4.78, 5) is 4.40. The van der Waals surface area contributed by atoms with Crippen LogP contribution in [0.5, 0.6) is 0 Å². The summed E-state index contributed by atoms with van der Waals surface area (Å²) in [7, 11) is 0. The molecule has 0 bridgehead atoms. The lowest BCUT2D eigenvalue weighted by atomic mass is 10.1. The summed E-state index contributed by atoms with van der Waals surface area (Å²) in [5.41, 5.74) is 2.53. The van der Waals surface area contributed by atoms with Gasteiger partial charge in [-0.1, -0.05) is 18.2 Å². The number of hydrogen-bond donors (Lipinski definition) is 2. The molecule has 0 radical (unpaired) electrons. The summed E-state index contributed by atoms with van der Waals surface area (Å²) >= 11 is 0. The Morgan fingerprint density at radius 2 is 1.90 bits per heavy atom. The van der Waals surface area contributed by atoms with E-state index < -0.39 is 0 Å². The molecule has 3 nitrogen and oxygen atoms in total. The number of fused-ring (bicyclic) bond motifs is 1. The number of benzene rings is 1. The Hall–Kier alpha value is -1.45. The lowest BCUT2D eigenvalue weighted by molar-refractivity contribution is 0.387. The highest BCUT2D eigenvalue weighted by atomic mass is 15.0. The fraction of sp³-hybridized carbons (Fsp3) is 0.471. The van der Waals surface area contributed by atoms with Crippen molar-refractivity contribution in [1.82, 2.24) is 15.6 Å². The van der Waals surface area contributed by atoms with Gasteiger partial charge in [-0.05, 0) is 45.4 Å². The maximum absolute atomic E-state index is 4.40. The van der Waals surface area contributed by atoms with Crippen LogP contribution in [0.4, 0.5) is 0 Å². The highest BCUT2D eigenvalue weighted by Gasteiger charge is 2.11. The van der Waals surface area contributed by atoms with E-state index in [2.05, 4.69) is 67.6 Å². The van der Waals surface area contributed by atoms with Gasteiger partial charge in [-0.25, -0.2) is 0 Å². The lowest BCUT2D eigenvalue weighted by Gasteiger charge is -2.24. The van der Waals surface area contributed by atoms with E-state index in [1.165, 1.54) is 10.9 Å². The standard InChI is InChI=1S/C17H25N3/c1-13(11-20-17(2,3)4)19-12-14-9-10-18-16-8-6-5-7-15(14)16/h5-10,13,19-20H,11-12H2,1-4H3. The molecule has 20 heavy (non-hydrogen) atoms. The van der Waals surface area contributed by atoms with Gasteiger partial charge in [0, 0.05) is 36.3 Å². The van der Waals surface area contributed by atoms with E-state index >= 15 is 0 Å². The van der Waals surface area contributed by atoms with Gasteiger partial charge in [0.1, 0.15) is 0 Å². The van der Waals surface area contributed by atoms with Gasteiger partial charge in [-0.3, -0.25) is 4.98 Å². The summed E-state index contributed by atoms with van der Waals surface area (Å²) in [6.07, 6.45) is 1.89. The van der Waals surface area contributed by atoms with Gasteiger partial charge >= 0.3 is 0 Å². The third-order valence-corrected chi connectivity index (χ3v) is 3.32. The zero-order chi connectivity index (χ0) is 14.6. The summed E-state index contributed by atoms with van der Waals surface area (Å²) < 4.78 is 0. The first-order chi connectivity index (χ1) is 9.46. The predicted octanol–water partition coefficient (Wildman–Crippen LogP) is 3.10. The molecule has 1 heterocycles. The van der Waals surface area contributed by atoms with Crippen molar-refractivity contribution < 1.29 is 0 Å². The van der Waals surface area contributed by atoms with Crippen LogP contribution in [0.25, 0.3) is 10.9 Å². The van der Waals surface area contributed by atoms with Gasteiger partial charge in [0.15, 0.2) is 0 Å². The Bertz CT molecular complexity index is 552. The third-order valence-electron chi connectivity index (χ3n) is 3.32. The minimum atomic E-state index is 0.166. The van der Waals surface area contributed by atoms with Crippen molar-refractivity contribution in [3.05, 3.63) is 42.1 Å². The van der Waals surface area contributed by atoms with E-state index in [-0.39, 0.29) is 5.54 Å². The molecule has 0 aliphatic heterocycles. The molecule has 1 atom stereocenters. The normalized spacial score (nSPS) is 13.6. The van der Waals surface area contributed by atoms with Crippen LogP contribution in [0.3, 0.4) is 0 Å². The van der Waals surface area contributed by atoms with Crippen molar-refractivity contribution in [2.75, 3.05) is 6.54 Å². The summed E-state index contributed by atoms with van der Waals surface area (Å²) in [5, 5.41) is 8.33. The summed E-state index contributed by atoms with van der Waals surface area (Å²) in [6.45, 7) is 10.6. The van der Waals surface area contributed by atoms with E-state index in [0.29, 0.717) is 6.04 Å². The average molecular weight is 271 g/mol. The summed E-state index contributed by atoms with van der Waals surface area (Å²) in [5.74, 6) is 0. The Morgan fingerprint density at radius 3 is 2.65 bits per heavy atom. The van der Waals surface area contributed by atoms with Crippen LogP contribution < -0.4 is 10.6 Å². The van der Waals surface area contributed by atoms with Crippen molar-refractivity contribution >= 4 is 10.9 Å². The zero-order valence-electron chi connectivity index (χ0n) is 12.9. The number of hydrogen-bond acceptors (Lipinski definition) is 3. The molecule has 0 fully saturated rings. The SMILES string of the molecule is CC(CNC(C)(C)C)NCc1ccnc2ccccc12. The van der Waals surface area contributed by atoms with Gasteiger partial charge in [-0.15, -0.1) is 0 Å². The van der Waals surface area contributed by atoms with Crippen LogP contribution in [0, 0.1) is 0 Å². The van der Waals surface area contributed by atoms with Crippen LogP contribution in [0.15, 0.2) is 36.5 Å². The Balaban J connectivity index is 1.96. The first kappa shape index (κ1) is 14.9. The predicted molar refractivity (Wildman–Crippen MR) is 85.8 cm³/mol. The molecule has 2 aromatic rings. The highest BCUT2D eigenvalue weighted by molar-refractivity contribution is 5.81. The van der Waals surface area contributed by atoms with Crippen LogP contribution in [0.1, 0.15) is 33.3 Å². The first-order valence-corrected chi connectivity index (χ1v) is 7.27. The molecular formula is C17H25N3. The molecule has 1 aromatic heterocycles. The molecule has 108 valence electrons. The minimum absolute atomic E-state index is 0.166. The number of pyridine rings is 1. The molecule has 0 aliphatic rings. The Labute approximate surface area is 121 Å². The highest BCUT2D eigenvalue weighted by Crippen LogP contribution is 2.15. The zero-order valence-corrected chi connectivity index (χ0v) is 12.9. The molecule has 0 amide bonds. The molecule has 0 aliphatic carbocycles. The second-order valence-electron chi connectivity index (χ2n) is 6.40. The molecule has 2 rings (SSSR count). The fourth-order valence-electron chi connectivity index (χ4n) is 2.12. The van der Waals surface area contributed by atoms with E-state index in [9.17, 15) is 0 Å². The van der Waals surface area contributed by atoms with Crippen LogP contribution in [-0.2, 0) is 6.54 Å². The number of aromatic nitrogens is 1. The monoisotopic (exact) mass is 271 g/mol. The van der Waals surface area contributed by atoms with Crippen molar-refractivity contribution in [2.24, 2.45) is 0 Å². The van der Waals surface area contributed by atoms with E-state index in [1.807, 2.05) is 12.3 Å². The second kappa shape index (κ2) is 6.33. The van der Waals surface area contributed by atoms with E-state index in [4.69, 9.17) is 0 Å². The van der Waals surface area contributed by atoms with Crippen LogP contribution in [-0.4, -0.2) is 23.1 Å². The van der Waals surface area contributed by atoms with E-state index in [0.717, 1.165) is 18.6 Å². The fourth-order valence-corrected chi connectivity index (χ4v) is 2.12. The van der Waals surface area contributed by atoms with Gasteiger partial charge in [-0.2, -0.15) is 0 Å². The number of nitrogens with zero attached hydrogens (tertiary/aromatic N) is 1. The van der Waals surface area contributed by atoms with Gasteiger partial charge in [0.05, 0.1) is 5.52 Å². The average Bonchev–Trinajstić information content (AvgIpc) is 2.42. The molecule has 0 spiro atoms. The van der Waals surface area contributed by atoms with Crippen molar-refractivity contribution in [3.63, 3.8) is 0 Å². The molecule has 3 heteroatoms. The molecule has 0 saturated carbocycles. The van der Waals surface area contributed by atoms with Gasteiger partial charge in [0.25, 0.3) is 0 Å². The third kappa shape index (κ3) is 4.29. The number of rotatable bonds is 5. The Kier molecular flexibility index (Phi) is 4.73. The van der Waals surface area contributed by atoms with Gasteiger partial charge < -0.3 is 10.6 Å². The van der Waals surface area contributed by atoms with Crippen molar-refractivity contribution in [3.8, 4) is 0 Å². The summed E-state index contributed by atoms with van der Waals surface area (Å²) in [6, 6.07) is 10.8. The van der Waals surface area contributed by atoms with Crippen molar-refractivity contribution in [1.29, 1.82) is 0 Å². The molecular weight excluding hydrogens is 246 g/mol. The smallest absolute Gasteiger partial charge is 0.0705 e. The van der Waals surface area contributed by atoms with Crippen LogP contribution in [0.2, 0.25) is 0 Å². The van der Waals surface area contributed by atoms with Crippen LogP contribution >= 0.6 is 0 Å². The quantitative estimate of drug-likeness (QED) is 0.877. The molecule has 1 unspecified atom stereocenters. The maximum atomic E-state index is 4.40. The van der Waals surface area contributed by atoms with Gasteiger partial charge in [0.2, 0.25) is 0 Å². The first-order valence-electron chi connectivity index (χ1n) is 7.27.